The van der Waals surface area contributed by atoms with Crippen molar-refractivity contribution < 1.29 is 32.6 Å². The van der Waals surface area contributed by atoms with Crippen LogP contribution in [0.4, 0.5) is 8.78 Å². The molecule has 3 aromatic rings. The summed E-state index contributed by atoms with van der Waals surface area (Å²) in [6, 6.07) is 11.5. The number of Topliss-reactive ketones (excluding diaryl/α,β-unsaturated/α-hetero) is 1. The number of hydrogen-bond donors (Lipinski definition) is 1. The number of halogens is 2. The minimum absolute atomic E-state index is 0.0126. The van der Waals surface area contributed by atoms with E-state index in [1.807, 2.05) is 44.2 Å². The number of pyridine rings is 1. The molecule has 0 radical (unpaired) electrons. The molecule has 9 nitrogen and oxygen atoms in total. The molecule has 41 heavy (non-hydrogen) atoms. The first-order valence-electron chi connectivity index (χ1n) is 13.3. The lowest BCUT2D eigenvalue weighted by Gasteiger charge is -2.42. The van der Waals surface area contributed by atoms with E-state index >= 15 is 0 Å². The quantitative estimate of drug-likeness (QED) is 0.427. The average Bonchev–Trinajstić information content (AvgIpc) is 2.94. The van der Waals surface area contributed by atoms with E-state index in [1.165, 1.54) is 0 Å². The fourth-order valence-electron chi connectivity index (χ4n) is 5.16. The third-order valence-corrected chi connectivity index (χ3v) is 7.18. The van der Waals surface area contributed by atoms with E-state index in [4.69, 9.17) is 9.47 Å². The first-order chi connectivity index (χ1) is 19.7. The summed E-state index contributed by atoms with van der Waals surface area (Å²) in [7, 11) is 0. The van der Waals surface area contributed by atoms with Crippen molar-refractivity contribution in [2.24, 2.45) is 0 Å². The lowest BCUT2D eigenvalue weighted by atomic mass is 10.0. The van der Waals surface area contributed by atoms with Crippen LogP contribution in [0.3, 0.4) is 0 Å². The SMILES string of the molecule is CC(C)N1C[C@@H]2COCc3c(C(=O)NCC(=O)Cc4ccc(F)cc4F)c(=O)c(OCc4ccccc4)c(n32)C1=O. The number of benzene rings is 2. The first-order valence-corrected chi connectivity index (χ1v) is 13.3. The van der Waals surface area contributed by atoms with Crippen molar-refractivity contribution >= 4 is 17.6 Å². The first kappa shape index (κ1) is 28.2. The largest absolute Gasteiger partial charge is 0.483 e. The van der Waals surface area contributed by atoms with Crippen molar-refractivity contribution in [1.82, 2.24) is 14.8 Å². The Hall–Kier alpha value is -4.38. The van der Waals surface area contributed by atoms with Crippen molar-refractivity contribution in [3.05, 3.63) is 98.5 Å². The molecule has 0 spiro atoms. The van der Waals surface area contributed by atoms with Crippen LogP contribution in [0, 0.1) is 11.6 Å². The van der Waals surface area contributed by atoms with Gasteiger partial charge in [0.1, 0.15) is 23.8 Å². The predicted molar refractivity (Wildman–Crippen MR) is 144 cm³/mol. The van der Waals surface area contributed by atoms with Gasteiger partial charge in [-0.05, 0) is 31.0 Å². The molecule has 11 heteroatoms. The molecule has 2 aromatic carbocycles. The van der Waals surface area contributed by atoms with Crippen LogP contribution in [-0.4, -0.2) is 52.8 Å². The van der Waals surface area contributed by atoms with Gasteiger partial charge in [-0.25, -0.2) is 8.78 Å². The van der Waals surface area contributed by atoms with Crippen molar-refractivity contribution in [1.29, 1.82) is 0 Å². The molecular formula is C30H29F2N3O6. The predicted octanol–water partition coefficient (Wildman–Crippen LogP) is 3.18. The number of hydrogen-bond acceptors (Lipinski definition) is 6. The van der Waals surface area contributed by atoms with Crippen LogP contribution in [0.2, 0.25) is 0 Å². The van der Waals surface area contributed by atoms with Gasteiger partial charge in [0.15, 0.2) is 17.2 Å². The number of carbonyl (C=O) groups is 3. The van der Waals surface area contributed by atoms with E-state index in [9.17, 15) is 28.0 Å². The number of nitrogens with one attached hydrogen (secondary N) is 1. The Balaban J connectivity index is 1.49. The zero-order chi connectivity index (χ0) is 29.3. The number of amides is 2. The van der Waals surface area contributed by atoms with Crippen LogP contribution < -0.4 is 15.5 Å². The molecule has 0 saturated carbocycles. The summed E-state index contributed by atoms with van der Waals surface area (Å²) in [6.07, 6.45) is -0.376. The lowest BCUT2D eigenvalue weighted by molar-refractivity contribution is -0.117. The molecule has 1 N–H and O–H groups in total. The number of aromatic nitrogens is 1. The van der Waals surface area contributed by atoms with Crippen LogP contribution in [-0.2, 0) is 29.2 Å². The highest BCUT2D eigenvalue weighted by Gasteiger charge is 2.41. The van der Waals surface area contributed by atoms with Gasteiger partial charge >= 0.3 is 0 Å². The van der Waals surface area contributed by atoms with Crippen LogP contribution in [0.25, 0.3) is 0 Å². The topological polar surface area (TPSA) is 107 Å². The van der Waals surface area contributed by atoms with Gasteiger partial charge in [-0.15, -0.1) is 0 Å². The van der Waals surface area contributed by atoms with Gasteiger partial charge in [-0.1, -0.05) is 36.4 Å². The summed E-state index contributed by atoms with van der Waals surface area (Å²) >= 11 is 0. The fraction of sp³-hybridized carbons (Fsp3) is 0.333. The molecule has 1 atom stereocenters. The maximum absolute atomic E-state index is 14.0. The van der Waals surface area contributed by atoms with E-state index < -0.39 is 35.3 Å². The monoisotopic (exact) mass is 565 g/mol. The fourth-order valence-corrected chi connectivity index (χ4v) is 5.16. The number of nitrogens with zero attached hydrogens (tertiary/aromatic N) is 2. The van der Waals surface area contributed by atoms with Gasteiger partial charge < -0.3 is 24.3 Å². The molecular weight excluding hydrogens is 536 g/mol. The smallest absolute Gasteiger partial charge is 0.274 e. The highest BCUT2D eigenvalue weighted by atomic mass is 19.1. The van der Waals surface area contributed by atoms with E-state index in [-0.39, 0.29) is 72.5 Å². The van der Waals surface area contributed by atoms with E-state index in [0.29, 0.717) is 12.6 Å². The lowest BCUT2D eigenvalue weighted by Crippen LogP contribution is -2.52. The molecule has 3 heterocycles. The molecule has 214 valence electrons. The Morgan fingerprint density at radius 1 is 1.12 bits per heavy atom. The second-order valence-corrected chi connectivity index (χ2v) is 10.3. The molecule has 5 rings (SSSR count). The Kier molecular flexibility index (Phi) is 7.98. The summed E-state index contributed by atoms with van der Waals surface area (Å²) < 4.78 is 40.6. The minimum atomic E-state index is -0.870. The number of rotatable bonds is 9. The van der Waals surface area contributed by atoms with Gasteiger partial charge in [-0.2, -0.15) is 0 Å². The molecule has 0 fully saturated rings. The highest BCUT2D eigenvalue weighted by Crippen LogP contribution is 2.34. The average molecular weight is 566 g/mol. The van der Waals surface area contributed by atoms with Crippen molar-refractivity contribution in [3.63, 3.8) is 0 Å². The summed E-state index contributed by atoms with van der Waals surface area (Å²) in [6.45, 7) is 3.72. The molecule has 2 aliphatic heterocycles. The Labute approximate surface area is 234 Å². The maximum Gasteiger partial charge on any atom is 0.274 e. The van der Waals surface area contributed by atoms with Gasteiger partial charge in [0, 0.05) is 25.1 Å². The van der Waals surface area contributed by atoms with Crippen LogP contribution in [0.15, 0.2) is 53.3 Å². The molecule has 0 unspecified atom stereocenters. The van der Waals surface area contributed by atoms with Crippen LogP contribution >= 0.6 is 0 Å². The van der Waals surface area contributed by atoms with Crippen molar-refractivity contribution in [3.8, 4) is 5.75 Å². The van der Waals surface area contributed by atoms with E-state index in [0.717, 1.165) is 17.7 Å². The highest BCUT2D eigenvalue weighted by molar-refractivity contribution is 6.01. The van der Waals surface area contributed by atoms with Crippen LogP contribution in [0.5, 0.6) is 5.75 Å². The zero-order valence-electron chi connectivity index (χ0n) is 22.6. The molecule has 2 aliphatic rings. The molecule has 0 saturated heterocycles. The summed E-state index contributed by atoms with van der Waals surface area (Å²) in [5.74, 6) is -3.67. The van der Waals surface area contributed by atoms with Crippen molar-refractivity contribution in [2.45, 2.75) is 45.6 Å². The van der Waals surface area contributed by atoms with Gasteiger partial charge in [0.25, 0.3) is 11.8 Å². The van der Waals surface area contributed by atoms with E-state index in [2.05, 4.69) is 5.32 Å². The van der Waals surface area contributed by atoms with Gasteiger partial charge in [0.05, 0.1) is 31.5 Å². The molecule has 0 aliphatic carbocycles. The number of carbonyl (C=O) groups excluding carboxylic acids is 3. The van der Waals surface area contributed by atoms with Crippen molar-refractivity contribution in [2.75, 3.05) is 19.7 Å². The molecule has 0 bridgehead atoms. The zero-order valence-corrected chi connectivity index (χ0v) is 22.6. The maximum atomic E-state index is 14.0. The minimum Gasteiger partial charge on any atom is -0.483 e. The Bertz CT molecular complexity index is 1570. The normalized spacial score (nSPS) is 16.0. The van der Waals surface area contributed by atoms with Gasteiger partial charge in [-0.3, -0.25) is 19.2 Å². The van der Waals surface area contributed by atoms with Crippen LogP contribution in [0.1, 0.15) is 57.6 Å². The number of ether oxygens (including phenoxy) is 2. The summed E-state index contributed by atoms with van der Waals surface area (Å²) in [5, 5.41) is 2.45. The Morgan fingerprint density at radius 2 is 1.88 bits per heavy atom. The number of ketones is 1. The van der Waals surface area contributed by atoms with E-state index in [1.54, 1.807) is 9.47 Å². The molecule has 2 amide bonds. The van der Waals surface area contributed by atoms with Gasteiger partial charge in [0.2, 0.25) is 5.43 Å². The second kappa shape index (κ2) is 11.6. The Morgan fingerprint density at radius 3 is 2.59 bits per heavy atom. The second-order valence-electron chi connectivity index (χ2n) is 10.3. The standard InChI is InChI=1S/C30H29F2N3O6/c1-17(2)34-13-21-15-40-16-24-25(29(38)33-12-22(36)10-19-8-9-20(31)11-23(19)32)27(37)28(26(30(34)39)35(21)24)41-14-18-6-4-3-5-7-18/h3-9,11,17,21H,10,12-16H2,1-2H3,(H,33,38)/t21-/m1/s1. The third kappa shape index (κ3) is 5.62. The summed E-state index contributed by atoms with van der Waals surface area (Å²) in [5.41, 5.74) is -0.0490. The summed E-state index contributed by atoms with van der Waals surface area (Å²) in [4.78, 5) is 55.1. The third-order valence-electron chi connectivity index (χ3n) is 7.18. The molecule has 1 aromatic heterocycles.